The van der Waals surface area contributed by atoms with Gasteiger partial charge in [0, 0.05) is 12.0 Å². The summed E-state index contributed by atoms with van der Waals surface area (Å²) >= 11 is 0. The number of hydrogen-bond donors (Lipinski definition) is 2. The van der Waals surface area contributed by atoms with Gasteiger partial charge in [0.05, 0.1) is 5.60 Å². The fourth-order valence-corrected chi connectivity index (χ4v) is 2.92. The monoisotopic (exact) mass is 199 g/mol. The van der Waals surface area contributed by atoms with Crippen LogP contribution in [-0.4, -0.2) is 17.3 Å². The summed E-state index contributed by atoms with van der Waals surface area (Å²) < 4.78 is 0. The molecule has 0 aromatic rings. The molecule has 14 heavy (non-hydrogen) atoms. The van der Waals surface area contributed by atoms with Crippen LogP contribution in [0, 0.1) is 10.8 Å². The van der Waals surface area contributed by atoms with Gasteiger partial charge in [-0.05, 0) is 18.3 Å². The maximum Gasteiger partial charge on any atom is 0.0761 e. The molecule has 0 aromatic carbocycles. The second-order valence-corrected chi connectivity index (χ2v) is 6.04. The van der Waals surface area contributed by atoms with Gasteiger partial charge in [0.15, 0.2) is 0 Å². The molecule has 3 N–H and O–H groups in total. The second-order valence-electron chi connectivity index (χ2n) is 6.04. The Morgan fingerprint density at radius 3 is 2.14 bits per heavy atom. The minimum absolute atomic E-state index is 0.00583. The molecular formula is C12H25NO. The van der Waals surface area contributed by atoms with Crippen LogP contribution >= 0.6 is 0 Å². The van der Waals surface area contributed by atoms with E-state index in [9.17, 15) is 5.11 Å². The number of rotatable bonds is 2. The van der Waals surface area contributed by atoms with Gasteiger partial charge in [-0.25, -0.2) is 0 Å². The molecule has 0 bridgehead atoms. The quantitative estimate of drug-likeness (QED) is 0.717. The van der Waals surface area contributed by atoms with E-state index in [0.29, 0.717) is 6.54 Å². The van der Waals surface area contributed by atoms with Crippen LogP contribution in [0.2, 0.25) is 0 Å². The zero-order valence-electron chi connectivity index (χ0n) is 10.1. The largest absolute Gasteiger partial charge is 0.389 e. The van der Waals surface area contributed by atoms with Crippen molar-refractivity contribution in [3.63, 3.8) is 0 Å². The van der Waals surface area contributed by atoms with Crippen LogP contribution < -0.4 is 5.73 Å². The van der Waals surface area contributed by atoms with Crippen molar-refractivity contribution in [3.8, 4) is 0 Å². The van der Waals surface area contributed by atoms with Gasteiger partial charge in [0.2, 0.25) is 0 Å². The summed E-state index contributed by atoms with van der Waals surface area (Å²) in [5, 5.41) is 10.8. The SMILES string of the molecule is CC(C)(CN)C1(O)CCCCC1(C)C. The van der Waals surface area contributed by atoms with Gasteiger partial charge in [-0.2, -0.15) is 0 Å². The third kappa shape index (κ3) is 1.59. The highest BCUT2D eigenvalue weighted by Crippen LogP contribution is 2.52. The molecule has 1 atom stereocenters. The molecule has 1 fully saturated rings. The Morgan fingerprint density at radius 1 is 1.21 bits per heavy atom. The molecule has 0 aromatic heterocycles. The van der Waals surface area contributed by atoms with Crippen LogP contribution in [0.15, 0.2) is 0 Å². The molecule has 0 saturated heterocycles. The molecule has 1 unspecified atom stereocenters. The molecule has 0 aliphatic heterocycles. The zero-order chi connectivity index (χ0) is 11.0. The van der Waals surface area contributed by atoms with Crippen molar-refractivity contribution in [1.29, 1.82) is 0 Å². The lowest BCUT2D eigenvalue weighted by Gasteiger charge is -2.55. The Morgan fingerprint density at radius 2 is 1.71 bits per heavy atom. The topological polar surface area (TPSA) is 46.2 Å². The normalized spacial score (nSPS) is 33.0. The van der Waals surface area contributed by atoms with Crippen molar-refractivity contribution in [1.82, 2.24) is 0 Å². The predicted molar refractivity (Wildman–Crippen MR) is 60.0 cm³/mol. The lowest BCUT2D eigenvalue weighted by Crippen LogP contribution is -2.59. The lowest BCUT2D eigenvalue weighted by atomic mass is 9.55. The summed E-state index contributed by atoms with van der Waals surface area (Å²) in [4.78, 5) is 0. The molecule has 0 radical (unpaired) electrons. The van der Waals surface area contributed by atoms with E-state index in [1.807, 2.05) is 0 Å². The first-order chi connectivity index (χ1) is 6.27. The fourth-order valence-electron chi connectivity index (χ4n) is 2.92. The highest BCUT2D eigenvalue weighted by Gasteiger charge is 2.53. The third-order valence-corrected chi connectivity index (χ3v) is 4.34. The zero-order valence-corrected chi connectivity index (χ0v) is 10.1. The van der Waals surface area contributed by atoms with Crippen molar-refractivity contribution in [2.45, 2.75) is 59.0 Å². The van der Waals surface area contributed by atoms with Gasteiger partial charge in [0.25, 0.3) is 0 Å². The standard InChI is InChI=1S/C12H25NO/c1-10(2)7-5-6-8-12(10,14)11(3,4)9-13/h14H,5-9,13H2,1-4H3. The molecule has 0 spiro atoms. The molecule has 2 heteroatoms. The summed E-state index contributed by atoms with van der Waals surface area (Å²) in [5.74, 6) is 0. The Balaban J connectivity index is 3.00. The van der Waals surface area contributed by atoms with Gasteiger partial charge >= 0.3 is 0 Å². The molecule has 1 aliphatic carbocycles. The molecular weight excluding hydrogens is 174 g/mol. The second kappa shape index (κ2) is 3.49. The van der Waals surface area contributed by atoms with E-state index in [0.717, 1.165) is 19.3 Å². The van der Waals surface area contributed by atoms with Gasteiger partial charge < -0.3 is 10.8 Å². The Hall–Kier alpha value is -0.0800. The molecule has 84 valence electrons. The number of nitrogens with two attached hydrogens (primary N) is 1. The third-order valence-electron chi connectivity index (χ3n) is 4.34. The fraction of sp³-hybridized carbons (Fsp3) is 1.00. The van der Waals surface area contributed by atoms with Crippen molar-refractivity contribution in [2.75, 3.05) is 6.54 Å². The van der Waals surface area contributed by atoms with Gasteiger partial charge in [0.1, 0.15) is 0 Å². The molecule has 0 heterocycles. The van der Waals surface area contributed by atoms with E-state index in [2.05, 4.69) is 27.7 Å². The molecule has 2 nitrogen and oxygen atoms in total. The van der Waals surface area contributed by atoms with Crippen molar-refractivity contribution in [2.24, 2.45) is 16.6 Å². The van der Waals surface area contributed by atoms with E-state index in [1.54, 1.807) is 0 Å². The van der Waals surface area contributed by atoms with Crippen LogP contribution in [-0.2, 0) is 0 Å². The lowest BCUT2D eigenvalue weighted by molar-refractivity contribution is -0.169. The minimum Gasteiger partial charge on any atom is -0.389 e. The first-order valence-electron chi connectivity index (χ1n) is 5.69. The molecule has 1 rings (SSSR count). The highest BCUT2D eigenvalue weighted by atomic mass is 16.3. The summed E-state index contributed by atoms with van der Waals surface area (Å²) in [6, 6.07) is 0. The Kier molecular flexibility index (Phi) is 2.99. The summed E-state index contributed by atoms with van der Waals surface area (Å²) in [6.07, 6.45) is 4.36. The Bertz CT molecular complexity index is 200. The van der Waals surface area contributed by atoms with E-state index >= 15 is 0 Å². The van der Waals surface area contributed by atoms with Crippen molar-refractivity contribution >= 4 is 0 Å². The van der Waals surface area contributed by atoms with E-state index in [-0.39, 0.29) is 10.8 Å². The van der Waals surface area contributed by atoms with Crippen molar-refractivity contribution in [3.05, 3.63) is 0 Å². The summed E-state index contributed by atoms with van der Waals surface area (Å²) in [5.41, 5.74) is 4.99. The number of aliphatic hydroxyl groups is 1. The minimum atomic E-state index is -0.604. The predicted octanol–water partition coefficient (Wildman–Crippen LogP) is 2.30. The maximum atomic E-state index is 10.8. The molecule has 1 aliphatic rings. The van der Waals surface area contributed by atoms with Crippen LogP contribution in [0.1, 0.15) is 53.4 Å². The first kappa shape index (κ1) is 12.0. The van der Waals surface area contributed by atoms with Gasteiger partial charge in [-0.15, -0.1) is 0 Å². The van der Waals surface area contributed by atoms with Crippen molar-refractivity contribution < 1.29 is 5.11 Å². The Labute approximate surface area is 87.9 Å². The van der Waals surface area contributed by atoms with Gasteiger partial charge in [-0.1, -0.05) is 40.5 Å². The molecule has 1 saturated carbocycles. The summed E-state index contributed by atoms with van der Waals surface area (Å²) in [6.45, 7) is 9.06. The van der Waals surface area contributed by atoms with Crippen LogP contribution in [0.4, 0.5) is 0 Å². The van der Waals surface area contributed by atoms with Gasteiger partial charge in [-0.3, -0.25) is 0 Å². The van der Waals surface area contributed by atoms with Crippen LogP contribution in [0.5, 0.6) is 0 Å². The summed E-state index contributed by atoms with van der Waals surface area (Å²) in [7, 11) is 0. The molecule has 0 amide bonds. The first-order valence-corrected chi connectivity index (χ1v) is 5.69. The van der Waals surface area contributed by atoms with E-state index < -0.39 is 5.60 Å². The average molecular weight is 199 g/mol. The number of hydrogen-bond acceptors (Lipinski definition) is 2. The van der Waals surface area contributed by atoms with E-state index in [4.69, 9.17) is 5.73 Å². The van der Waals surface area contributed by atoms with E-state index in [1.165, 1.54) is 6.42 Å². The van der Waals surface area contributed by atoms with Crippen LogP contribution in [0.25, 0.3) is 0 Å². The smallest absolute Gasteiger partial charge is 0.0761 e. The maximum absolute atomic E-state index is 10.8. The highest BCUT2D eigenvalue weighted by molar-refractivity contribution is 5.05. The average Bonchev–Trinajstić information content (AvgIpc) is 2.10. The van der Waals surface area contributed by atoms with Crippen LogP contribution in [0.3, 0.4) is 0 Å².